The number of aromatic hydroxyl groups is 2. The van der Waals surface area contributed by atoms with Gasteiger partial charge < -0.3 is 25.1 Å². The molecule has 0 atom stereocenters. The van der Waals surface area contributed by atoms with Crippen LogP contribution in [0, 0.1) is 28.7 Å². The summed E-state index contributed by atoms with van der Waals surface area (Å²) in [4.78, 5) is 5.19. The molecule has 0 aliphatic carbocycles. The Labute approximate surface area is 309 Å². The minimum atomic E-state index is 0. The molecular weight excluding hydrogens is 678 g/mol. The summed E-state index contributed by atoms with van der Waals surface area (Å²) in [5, 5.41) is 23.2. The summed E-state index contributed by atoms with van der Waals surface area (Å²) in [5.41, 5.74) is 12.4. The van der Waals surface area contributed by atoms with Crippen molar-refractivity contribution < 1.29 is 36.4 Å². The van der Waals surface area contributed by atoms with E-state index in [1.165, 1.54) is 0 Å². The van der Waals surface area contributed by atoms with Gasteiger partial charge in [0.25, 0.3) is 0 Å². The Bertz CT molecular complexity index is 2040. The van der Waals surface area contributed by atoms with Gasteiger partial charge in [0, 0.05) is 33.4 Å². The number of hydrogen-bond acceptors (Lipinski definition) is 3. The SMILES string of the molecule is Cc1cc(-c2ccccc2)c(O)c(-c2ccccc2-c2cccc(-c3ccccc3-c3cc(C)cc(-c4ccccc4)c3O)n2)c1.[CH3-].[CH3-].[Zr+2]. The Morgan fingerprint density at radius 3 is 1.08 bits per heavy atom. The molecule has 1 aromatic heterocycles. The average Bonchev–Trinajstić information content (AvgIpc) is 3.11. The van der Waals surface area contributed by atoms with Crippen LogP contribution >= 0.6 is 0 Å². The van der Waals surface area contributed by atoms with Crippen molar-refractivity contribution in [2.45, 2.75) is 13.8 Å². The van der Waals surface area contributed by atoms with Crippen LogP contribution in [0.5, 0.6) is 11.5 Å². The molecule has 4 heteroatoms. The van der Waals surface area contributed by atoms with Crippen molar-refractivity contribution in [3.8, 4) is 78.5 Å². The molecule has 0 aliphatic heterocycles. The van der Waals surface area contributed by atoms with Gasteiger partial charge in [0.05, 0.1) is 11.4 Å². The molecule has 0 radical (unpaired) electrons. The van der Waals surface area contributed by atoms with Crippen LogP contribution < -0.4 is 0 Å². The van der Waals surface area contributed by atoms with Crippen LogP contribution in [0.4, 0.5) is 0 Å². The number of phenols is 2. The zero-order chi connectivity index (χ0) is 31.6. The van der Waals surface area contributed by atoms with E-state index < -0.39 is 0 Å². The molecular formula is C45H39NO2Zr. The Hall–Kier alpha value is -5.05. The van der Waals surface area contributed by atoms with E-state index in [0.29, 0.717) is 0 Å². The third kappa shape index (κ3) is 7.36. The van der Waals surface area contributed by atoms with Crippen molar-refractivity contribution in [2.75, 3.05) is 0 Å². The van der Waals surface area contributed by atoms with E-state index in [1.54, 1.807) is 0 Å². The Kier molecular flexibility index (Phi) is 11.9. The molecule has 0 saturated heterocycles. The second-order valence-corrected chi connectivity index (χ2v) is 11.6. The first-order valence-electron chi connectivity index (χ1n) is 15.4. The molecule has 0 unspecified atom stereocenters. The number of hydrogen-bond donors (Lipinski definition) is 2. The fourth-order valence-electron chi connectivity index (χ4n) is 6.26. The molecule has 6 aromatic carbocycles. The monoisotopic (exact) mass is 715 g/mol. The second kappa shape index (κ2) is 15.9. The van der Waals surface area contributed by atoms with Gasteiger partial charge in [-0.15, -0.1) is 0 Å². The number of rotatable bonds is 6. The molecule has 0 aliphatic rings. The molecule has 49 heavy (non-hydrogen) atoms. The molecule has 2 N–H and O–H groups in total. The number of pyridine rings is 1. The minimum absolute atomic E-state index is 0. The van der Waals surface area contributed by atoms with E-state index in [2.05, 4.69) is 26.0 Å². The summed E-state index contributed by atoms with van der Waals surface area (Å²) in [6.45, 7) is 4.11. The smallest absolute Gasteiger partial charge is 0.507 e. The number of aromatic nitrogens is 1. The van der Waals surface area contributed by atoms with E-state index in [0.717, 1.165) is 78.1 Å². The van der Waals surface area contributed by atoms with Gasteiger partial charge in [0.2, 0.25) is 0 Å². The van der Waals surface area contributed by atoms with Crippen LogP contribution in [0.25, 0.3) is 67.0 Å². The fourth-order valence-corrected chi connectivity index (χ4v) is 6.26. The topological polar surface area (TPSA) is 53.4 Å². The van der Waals surface area contributed by atoms with Gasteiger partial charge in [-0.25, -0.2) is 4.98 Å². The summed E-state index contributed by atoms with van der Waals surface area (Å²) < 4.78 is 0. The summed E-state index contributed by atoms with van der Waals surface area (Å²) in [7, 11) is 0. The van der Waals surface area contributed by atoms with Gasteiger partial charge in [-0.3, -0.25) is 0 Å². The number of nitrogens with zero attached hydrogens (tertiary/aromatic N) is 1. The number of phenolic OH excluding ortho intramolecular Hbond substituents is 2. The zero-order valence-corrected chi connectivity index (χ0v) is 30.7. The van der Waals surface area contributed by atoms with E-state index in [-0.39, 0.29) is 52.6 Å². The predicted octanol–water partition coefficient (Wildman–Crippen LogP) is 12.0. The van der Waals surface area contributed by atoms with Crippen molar-refractivity contribution in [1.29, 1.82) is 0 Å². The summed E-state index contributed by atoms with van der Waals surface area (Å²) in [5.74, 6) is 0.491. The second-order valence-electron chi connectivity index (χ2n) is 11.6. The van der Waals surface area contributed by atoms with Crippen LogP contribution in [-0.2, 0) is 26.2 Å². The maximum atomic E-state index is 11.6. The van der Waals surface area contributed by atoms with Gasteiger partial charge in [-0.1, -0.05) is 115 Å². The van der Waals surface area contributed by atoms with Gasteiger partial charge in [0.1, 0.15) is 11.5 Å². The fraction of sp³-hybridized carbons (Fsp3) is 0.0444. The Balaban J connectivity index is 0.00000180. The first-order chi connectivity index (χ1) is 22.5. The van der Waals surface area contributed by atoms with Crippen molar-refractivity contribution in [1.82, 2.24) is 4.98 Å². The maximum absolute atomic E-state index is 11.6. The first-order valence-corrected chi connectivity index (χ1v) is 15.4. The third-order valence-electron chi connectivity index (χ3n) is 8.41. The quantitative estimate of drug-likeness (QED) is 0.168. The van der Waals surface area contributed by atoms with Gasteiger partial charge >= 0.3 is 26.2 Å². The molecule has 0 saturated carbocycles. The van der Waals surface area contributed by atoms with E-state index >= 15 is 0 Å². The molecule has 0 bridgehead atoms. The van der Waals surface area contributed by atoms with Gasteiger partial charge in [-0.2, -0.15) is 0 Å². The van der Waals surface area contributed by atoms with E-state index in [9.17, 15) is 10.2 Å². The van der Waals surface area contributed by atoms with Crippen molar-refractivity contribution >= 4 is 0 Å². The number of benzene rings is 6. The summed E-state index contributed by atoms with van der Waals surface area (Å²) in [6.07, 6.45) is 0. The molecule has 7 aromatic rings. The standard InChI is InChI=1S/C43H33NO2.2CH3.Zr/c1-28-24-36(30-14-5-3-6-15-30)42(45)38(26-28)32-18-9-11-20-34(32)40-22-13-23-41(44-40)35-21-12-10-19-33(35)39-27-29(2)25-37(43(39)46)31-16-7-4-8-17-31;;;/h3-27,45-46H,1-2H3;2*1H3;/q;2*-1;+2. The van der Waals surface area contributed by atoms with Crippen LogP contribution in [0.3, 0.4) is 0 Å². The molecule has 0 spiro atoms. The van der Waals surface area contributed by atoms with Crippen LogP contribution in [0.15, 0.2) is 152 Å². The summed E-state index contributed by atoms with van der Waals surface area (Å²) >= 11 is 0. The predicted molar refractivity (Wildman–Crippen MR) is 202 cm³/mol. The van der Waals surface area contributed by atoms with Gasteiger partial charge in [-0.05, 0) is 83.6 Å². The molecule has 3 nitrogen and oxygen atoms in total. The zero-order valence-electron chi connectivity index (χ0n) is 28.3. The third-order valence-corrected chi connectivity index (χ3v) is 8.41. The Morgan fingerprint density at radius 2 is 0.694 bits per heavy atom. The van der Waals surface area contributed by atoms with Crippen molar-refractivity contribution in [2.24, 2.45) is 0 Å². The molecule has 240 valence electrons. The molecule has 0 amide bonds. The normalized spacial score (nSPS) is 10.3. The van der Waals surface area contributed by atoms with Gasteiger partial charge in [0.15, 0.2) is 0 Å². The van der Waals surface area contributed by atoms with Crippen molar-refractivity contribution in [3.63, 3.8) is 0 Å². The maximum Gasteiger partial charge on any atom is 2.00 e. The number of aryl methyl sites for hydroxylation is 2. The van der Waals surface area contributed by atoms with Crippen LogP contribution in [-0.4, -0.2) is 15.2 Å². The average molecular weight is 717 g/mol. The summed E-state index contributed by atoms with van der Waals surface area (Å²) in [6, 6.07) is 50.3. The van der Waals surface area contributed by atoms with Crippen molar-refractivity contribution in [3.05, 3.63) is 178 Å². The van der Waals surface area contributed by atoms with Crippen LogP contribution in [0.1, 0.15) is 11.1 Å². The molecule has 1 heterocycles. The first kappa shape index (κ1) is 36.8. The van der Waals surface area contributed by atoms with E-state index in [1.807, 2.05) is 140 Å². The largest absolute Gasteiger partial charge is 2.00 e. The molecule has 7 rings (SSSR count). The molecule has 0 fully saturated rings. The Morgan fingerprint density at radius 1 is 0.367 bits per heavy atom. The van der Waals surface area contributed by atoms with Crippen LogP contribution in [0.2, 0.25) is 0 Å². The minimum Gasteiger partial charge on any atom is -0.507 e. The van der Waals surface area contributed by atoms with E-state index in [4.69, 9.17) is 4.98 Å².